The fourth-order valence-electron chi connectivity index (χ4n) is 3.61. The van der Waals surface area contributed by atoms with E-state index in [2.05, 4.69) is 6.58 Å². The largest absolute Gasteiger partial charge is 0.481 e. The van der Waals surface area contributed by atoms with Crippen LogP contribution in [0, 0.1) is 0 Å². The Morgan fingerprint density at radius 2 is 1.62 bits per heavy atom. The summed E-state index contributed by atoms with van der Waals surface area (Å²) in [4.78, 5) is 11.4. The molecule has 29 heavy (non-hydrogen) atoms. The van der Waals surface area contributed by atoms with E-state index in [-0.39, 0.29) is 18.6 Å². The van der Waals surface area contributed by atoms with Crippen molar-refractivity contribution in [3.63, 3.8) is 0 Å². The average molecular weight is 396 g/mol. The molecule has 2 aromatic rings. The van der Waals surface area contributed by atoms with Gasteiger partial charge >= 0.3 is 5.97 Å². The number of hydrogen-bond acceptors (Lipinski definition) is 4. The van der Waals surface area contributed by atoms with Crippen LogP contribution in [-0.2, 0) is 32.2 Å². The molecular weight excluding hydrogens is 368 g/mol. The molecule has 0 spiro atoms. The third-order valence-electron chi connectivity index (χ3n) is 4.99. The molecule has 1 aliphatic rings. The number of carbonyl (C=O) groups is 1. The lowest BCUT2D eigenvalue weighted by molar-refractivity contribution is -0.210. The zero-order valence-corrected chi connectivity index (χ0v) is 16.5. The van der Waals surface area contributed by atoms with E-state index in [1.807, 2.05) is 60.7 Å². The molecule has 0 saturated carbocycles. The Morgan fingerprint density at radius 1 is 1.03 bits per heavy atom. The third-order valence-corrected chi connectivity index (χ3v) is 4.99. The second-order valence-electron chi connectivity index (χ2n) is 7.25. The number of ether oxygens (including phenoxy) is 3. The highest BCUT2D eigenvalue weighted by molar-refractivity contribution is 5.67. The Morgan fingerprint density at radius 3 is 2.17 bits per heavy atom. The van der Waals surface area contributed by atoms with E-state index in [9.17, 15) is 9.90 Å². The van der Waals surface area contributed by atoms with Gasteiger partial charge in [0.15, 0.2) is 0 Å². The minimum atomic E-state index is -0.913. The number of benzene rings is 2. The van der Waals surface area contributed by atoms with E-state index in [0.29, 0.717) is 26.1 Å². The Kier molecular flexibility index (Phi) is 7.99. The normalized spacial score (nSPS) is 24.1. The van der Waals surface area contributed by atoms with Crippen LogP contribution in [0.5, 0.6) is 0 Å². The fourth-order valence-corrected chi connectivity index (χ4v) is 3.61. The van der Waals surface area contributed by atoms with Crippen LogP contribution >= 0.6 is 0 Å². The molecule has 154 valence electrons. The van der Waals surface area contributed by atoms with Crippen molar-refractivity contribution in [1.82, 2.24) is 0 Å². The van der Waals surface area contributed by atoms with Gasteiger partial charge in [0.1, 0.15) is 6.10 Å². The van der Waals surface area contributed by atoms with Crippen molar-refractivity contribution in [2.24, 2.45) is 0 Å². The summed E-state index contributed by atoms with van der Waals surface area (Å²) >= 11 is 0. The molecule has 1 N–H and O–H groups in total. The molecule has 0 aliphatic carbocycles. The molecule has 5 nitrogen and oxygen atoms in total. The van der Waals surface area contributed by atoms with Gasteiger partial charge in [-0.05, 0) is 17.5 Å². The summed E-state index contributed by atoms with van der Waals surface area (Å²) in [5.74, 6) is -0.913. The highest BCUT2D eigenvalue weighted by Gasteiger charge is 2.41. The molecular formula is C24H28O5. The van der Waals surface area contributed by atoms with Gasteiger partial charge in [-0.2, -0.15) is 0 Å². The summed E-state index contributed by atoms with van der Waals surface area (Å²) in [6.45, 7) is 4.61. The van der Waals surface area contributed by atoms with Crippen molar-refractivity contribution in [2.45, 2.75) is 56.9 Å². The van der Waals surface area contributed by atoms with E-state index in [1.54, 1.807) is 6.08 Å². The first-order valence-electron chi connectivity index (χ1n) is 9.95. The molecule has 1 aliphatic heterocycles. The highest BCUT2D eigenvalue weighted by atomic mass is 16.6. The predicted molar refractivity (Wildman–Crippen MR) is 110 cm³/mol. The molecule has 0 aromatic heterocycles. The molecule has 0 unspecified atom stereocenters. The maximum atomic E-state index is 11.4. The van der Waals surface area contributed by atoms with E-state index in [1.165, 1.54) is 0 Å². The average Bonchev–Trinajstić information content (AvgIpc) is 2.73. The van der Waals surface area contributed by atoms with Crippen LogP contribution < -0.4 is 0 Å². The van der Waals surface area contributed by atoms with E-state index in [0.717, 1.165) is 11.1 Å². The first kappa shape index (κ1) is 21.2. The van der Waals surface area contributed by atoms with Gasteiger partial charge in [-0.25, -0.2) is 0 Å². The number of hydrogen-bond donors (Lipinski definition) is 1. The van der Waals surface area contributed by atoms with Crippen molar-refractivity contribution >= 4 is 5.97 Å². The number of aliphatic carboxylic acids is 1. The zero-order valence-electron chi connectivity index (χ0n) is 16.5. The van der Waals surface area contributed by atoms with Gasteiger partial charge in [-0.3, -0.25) is 4.79 Å². The Balaban J connectivity index is 1.74. The lowest BCUT2D eigenvalue weighted by atomic mass is 9.94. The molecule has 0 radical (unpaired) electrons. The van der Waals surface area contributed by atoms with E-state index >= 15 is 0 Å². The lowest BCUT2D eigenvalue weighted by Gasteiger charge is -2.41. The standard InChI is InChI=1S/C24H28O5/c1-2-9-20-14-21(27-16-18-10-5-3-6-11-18)24(22(29-20)15-23(25)26)28-17-19-12-7-4-8-13-19/h2-8,10-13,20-22,24H,1,9,14-17H2,(H,25,26)/t20-,21-,22-,24-/m1/s1. The predicted octanol–water partition coefficient (Wildman–Crippen LogP) is 4.37. The van der Waals surface area contributed by atoms with Crippen molar-refractivity contribution < 1.29 is 24.1 Å². The van der Waals surface area contributed by atoms with Crippen LogP contribution in [0.1, 0.15) is 30.4 Å². The Labute approximate surface area is 171 Å². The molecule has 2 aromatic carbocycles. The molecule has 1 heterocycles. The van der Waals surface area contributed by atoms with Crippen LogP contribution in [0.2, 0.25) is 0 Å². The van der Waals surface area contributed by atoms with Gasteiger partial charge in [0.25, 0.3) is 0 Å². The van der Waals surface area contributed by atoms with E-state index in [4.69, 9.17) is 14.2 Å². The fraction of sp³-hybridized carbons (Fsp3) is 0.375. The molecule has 4 atom stereocenters. The molecule has 1 fully saturated rings. The van der Waals surface area contributed by atoms with Gasteiger partial charge in [0.05, 0.1) is 37.9 Å². The van der Waals surface area contributed by atoms with Gasteiger partial charge in [-0.15, -0.1) is 6.58 Å². The minimum absolute atomic E-state index is 0.127. The lowest BCUT2D eigenvalue weighted by Crippen LogP contribution is -2.51. The summed E-state index contributed by atoms with van der Waals surface area (Å²) in [6, 6.07) is 19.7. The van der Waals surface area contributed by atoms with Crippen molar-refractivity contribution in [1.29, 1.82) is 0 Å². The monoisotopic (exact) mass is 396 g/mol. The number of carboxylic acids is 1. The molecule has 5 heteroatoms. The SMILES string of the molecule is C=CC[C@@H]1C[C@@H](OCc2ccccc2)[C@@H](OCc2ccccc2)[C@@H](CC(=O)O)O1. The van der Waals surface area contributed by atoms with E-state index < -0.39 is 18.2 Å². The maximum Gasteiger partial charge on any atom is 0.306 e. The molecule has 3 rings (SSSR count). The summed E-state index contributed by atoms with van der Waals surface area (Å²) in [6.07, 6.45) is 1.52. The third kappa shape index (κ3) is 6.53. The zero-order chi connectivity index (χ0) is 20.5. The molecule has 0 bridgehead atoms. The second-order valence-corrected chi connectivity index (χ2v) is 7.25. The first-order chi connectivity index (χ1) is 14.2. The van der Waals surface area contributed by atoms with Crippen LogP contribution in [0.15, 0.2) is 73.3 Å². The minimum Gasteiger partial charge on any atom is -0.481 e. The molecule has 1 saturated heterocycles. The summed E-state index contributed by atoms with van der Waals surface area (Å²) < 4.78 is 18.5. The Hall–Kier alpha value is -2.47. The topological polar surface area (TPSA) is 65.0 Å². The highest BCUT2D eigenvalue weighted by Crippen LogP contribution is 2.30. The summed E-state index contributed by atoms with van der Waals surface area (Å²) in [5, 5.41) is 9.38. The second kappa shape index (κ2) is 10.9. The van der Waals surface area contributed by atoms with Crippen molar-refractivity contribution in [3.8, 4) is 0 Å². The molecule has 0 amide bonds. The number of rotatable bonds is 10. The number of carboxylic acid groups (broad SMARTS) is 1. The quantitative estimate of drug-likeness (QED) is 0.604. The van der Waals surface area contributed by atoms with Crippen molar-refractivity contribution in [3.05, 3.63) is 84.4 Å². The van der Waals surface area contributed by atoms with Gasteiger partial charge in [0, 0.05) is 6.42 Å². The maximum absolute atomic E-state index is 11.4. The van der Waals surface area contributed by atoms with Gasteiger partial charge in [0.2, 0.25) is 0 Å². The van der Waals surface area contributed by atoms with Crippen LogP contribution in [0.3, 0.4) is 0 Å². The van der Waals surface area contributed by atoms with Crippen LogP contribution in [0.25, 0.3) is 0 Å². The van der Waals surface area contributed by atoms with Gasteiger partial charge in [-0.1, -0.05) is 66.7 Å². The summed E-state index contributed by atoms with van der Waals surface area (Å²) in [7, 11) is 0. The Bertz CT molecular complexity index is 761. The first-order valence-corrected chi connectivity index (χ1v) is 9.95. The van der Waals surface area contributed by atoms with Crippen molar-refractivity contribution in [2.75, 3.05) is 0 Å². The summed E-state index contributed by atoms with van der Waals surface area (Å²) in [5.41, 5.74) is 2.09. The van der Waals surface area contributed by atoms with Gasteiger partial charge < -0.3 is 19.3 Å². The smallest absolute Gasteiger partial charge is 0.306 e. The van der Waals surface area contributed by atoms with Crippen LogP contribution in [0.4, 0.5) is 0 Å². The van der Waals surface area contributed by atoms with Crippen LogP contribution in [-0.4, -0.2) is 35.5 Å².